The van der Waals surface area contributed by atoms with E-state index in [1.807, 2.05) is 6.33 Å². The normalized spacial score (nSPS) is 40.2. The molecule has 4 unspecified atom stereocenters. The zero-order chi connectivity index (χ0) is 12.1. The van der Waals surface area contributed by atoms with Crippen LogP contribution in [0.5, 0.6) is 0 Å². The van der Waals surface area contributed by atoms with Crippen molar-refractivity contribution in [3.8, 4) is 0 Å². The van der Waals surface area contributed by atoms with E-state index in [0.717, 1.165) is 48.5 Å². The van der Waals surface area contributed by atoms with E-state index in [9.17, 15) is 0 Å². The van der Waals surface area contributed by atoms with E-state index in [2.05, 4.69) is 21.1 Å². The van der Waals surface area contributed by atoms with Crippen molar-refractivity contribution in [2.45, 2.75) is 38.4 Å². The molecule has 3 aliphatic carbocycles. The Hall–Kier alpha value is -0.870. The Morgan fingerprint density at radius 1 is 1.33 bits per heavy atom. The van der Waals surface area contributed by atoms with E-state index in [0.29, 0.717) is 6.54 Å². The second-order valence-corrected chi connectivity index (χ2v) is 6.29. The van der Waals surface area contributed by atoms with Crippen LogP contribution in [0.15, 0.2) is 12.5 Å². The third kappa shape index (κ3) is 1.62. The van der Waals surface area contributed by atoms with Gasteiger partial charge in [-0.1, -0.05) is 0 Å². The van der Waals surface area contributed by atoms with Gasteiger partial charge in [0.1, 0.15) is 0 Å². The van der Waals surface area contributed by atoms with Crippen LogP contribution >= 0.6 is 0 Å². The Labute approximate surface area is 108 Å². The summed E-state index contributed by atoms with van der Waals surface area (Å²) in [4.78, 5) is 4.43. The first-order chi connectivity index (χ1) is 8.86. The van der Waals surface area contributed by atoms with E-state index in [4.69, 9.17) is 5.73 Å². The van der Waals surface area contributed by atoms with E-state index < -0.39 is 0 Å². The first kappa shape index (κ1) is 11.0. The fourth-order valence-corrected chi connectivity index (χ4v) is 4.59. The Bertz CT molecular complexity index is 425. The first-order valence-corrected chi connectivity index (χ1v) is 7.31. The van der Waals surface area contributed by atoms with Gasteiger partial charge in [-0.25, -0.2) is 4.98 Å². The number of fused-ring (bicyclic) bond motifs is 5. The highest BCUT2D eigenvalue weighted by molar-refractivity contribution is 5.17. The van der Waals surface area contributed by atoms with Crippen molar-refractivity contribution < 1.29 is 0 Å². The Morgan fingerprint density at radius 3 is 2.83 bits per heavy atom. The van der Waals surface area contributed by atoms with Gasteiger partial charge in [0.25, 0.3) is 0 Å². The molecule has 1 heterocycles. The number of hydrogen-bond acceptors (Lipinski definition) is 3. The first-order valence-electron chi connectivity index (χ1n) is 7.31. The molecule has 3 aliphatic rings. The van der Waals surface area contributed by atoms with E-state index in [-0.39, 0.29) is 0 Å². The number of hydrogen-bond donors (Lipinski definition) is 2. The molecule has 0 amide bonds. The number of imidazole rings is 1. The molecule has 98 valence electrons. The van der Waals surface area contributed by atoms with Crippen molar-refractivity contribution >= 4 is 0 Å². The van der Waals surface area contributed by atoms with Gasteiger partial charge in [-0.2, -0.15) is 0 Å². The van der Waals surface area contributed by atoms with Crippen LogP contribution in [0.1, 0.15) is 25.0 Å². The Balaban J connectivity index is 1.32. The smallest absolute Gasteiger partial charge is 0.0950 e. The van der Waals surface area contributed by atoms with Crippen LogP contribution in [0.25, 0.3) is 0 Å². The Kier molecular flexibility index (Phi) is 2.49. The minimum Gasteiger partial charge on any atom is -0.336 e. The molecule has 4 rings (SSSR count). The molecular formula is C14H22N4. The van der Waals surface area contributed by atoms with Crippen LogP contribution in [0, 0.1) is 23.7 Å². The molecule has 18 heavy (non-hydrogen) atoms. The summed E-state index contributed by atoms with van der Waals surface area (Å²) in [5.74, 6) is 4.12. The van der Waals surface area contributed by atoms with Gasteiger partial charge >= 0.3 is 0 Å². The fraction of sp³-hybridized carbons (Fsp3) is 0.786. The molecule has 4 heteroatoms. The average molecular weight is 246 g/mol. The van der Waals surface area contributed by atoms with E-state index >= 15 is 0 Å². The summed E-state index contributed by atoms with van der Waals surface area (Å²) >= 11 is 0. The molecule has 3 fully saturated rings. The fourth-order valence-electron chi connectivity index (χ4n) is 4.59. The molecular weight excluding hydrogens is 224 g/mol. The molecule has 0 aromatic carbocycles. The lowest BCUT2D eigenvalue weighted by Gasteiger charge is -2.09. The van der Waals surface area contributed by atoms with Crippen molar-refractivity contribution in [3.05, 3.63) is 18.2 Å². The van der Waals surface area contributed by atoms with Crippen LogP contribution in [0.2, 0.25) is 0 Å². The van der Waals surface area contributed by atoms with Crippen LogP contribution in [-0.2, 0) is 13.1 Å². The topological polar surface area (TPSA) is 55.9 Å². The van der Waals surface area contributed by atoms with Crippen molar-refractivity contribution in [1.29, 1.82) is 0 Å². The third-order valence-corrected chi connectivity index (χ3v) is 5.33. The molecule has 1 aromatic heterocycles. The van der Waals surface area contributed by atoms with Crippen molar-refractivity contribution in [2.24, 2.45) is 29.4 Å². The zero-order valence-electron chi connectivity index (χ0n) is 10.8. The molecule has 3 saturated carbocycles. The standard InChI is InChI=1S/C14H22N4/c15-3-4-18-7-11(17-8-18)6-16-14-12-9-1-2-10(5-9)13(12)14/h7-10,12-14,16H,1-6,15H2. The van der Waals surface area contributed by atoms with Crippen LogP contribution in [-0.4, -0.2) is 22.1 Å². The van der Waals surface area contributed by atoms with Gasteiger partial charge in [-0.3, -0.25) is 0 Å². The van der Waals surface area contributed by atoms with Crippen LogP contribution in [0.3, 0.4) is 0 Å². The lowest BCUT2D eigenvalue weighted by Crippen LogP contribution is -2.22. The summed E-state index contributed by atoms with van der Waals surface area (Å²) in [5, 5.41) is 3.72. The molecule has 2 bridgehead atoms. The third-order valence-electron chi connectivity index (χ3n) is 5.33. The Morgan fingerprint density at radius 2 is 2.11 bits per heavy atom. The average Bonchev–Trinajstić information content (AvgIpc) is 2.79. The molecule has 3 N–H and O–H groups in total. The van der Waals surface area contributed by atoms with Crippen molar-refractivity contribution in [2.75, 3.05) is 6.54 Å². The monoisotopic (exact) mass is 246 g/mol. The van der Waals surface area contributed by atoms with Gasteiger partial charge in [0.2, 0.25) is 0 Å². The van der Waals surface area contributed by atoms with Gasteiger partial charge in [0.05, 0.1) is 12.0 Å². The second-order valence-electron chi connectivity index (χ2n) is 6.29. The number of aromatic nitrogens is 2. The maximum atomic E-state index is 5.54. The summed E-state index contributed by atoms with van der Waals surface area (Å²) in [7, 11) is 0. The highest BCUT2D eigenvalue weighted by Crippen LogP contribution is 2.65. The number of rotatable bonds is 5. The molecule has 4 nitrogen and oxygen atoms in total. The highest BCUT2D eigenvalue weighted by atomic mass is 15.1. The maximum absolute atomic E-state index is 5.54. The summed E-state index contributed by atoms with van der Waals surface area (Å²) < 4.78 is 2.08. The summed E-state index contributed by atoms with van der Waals surface area (Å²) in [6.45, 7) is 2.47. The predicted octanol–water partition coefficient (Wildman–Crippen LogP) is 0.976. The zero-order valence-corrected chi connectivity index (χ0v) is 10.8. The highest BCUT2D eigenvalue weighted by Gasteiger charge is 2.64. The minimum atomic E-state index is 0.680. The molecule has 0 saturated heterocycles. The van der Waals surface area contributed by atoms with E-state index in [1.54, 1.807) is 0 Å². The van der Waals surface area contributed by atoms with Gasteiger partial charge in [0, 0.05) is 31.9 Å². The minimum absolute atomic E-state index is 0.680. The van der Waals surface area contributed by atoms with Crippen LogP contribution < -0.4 is 11.1 Å². The summed E-state index contributed by atoms with van der Waals surface area (Å²) in [5.41, 5.74) is 6.69. The quantitative estimate of drug-likeness (QED) is 0.814. The molecule has 4 atom stereocenters. The molecule has 0 radical (unpaired) electrons. The van der Waals surface area contributed by atoms with Crippen molar-refractivity contribution in [3.63, 3.8) is 0 Å². The van der Waals surface area contributed by atoms with Crippen molar-refractivity contribution in [1.82, 2.24) is 14.9 Å². The van der Waals surface area contributed by atoms with Gasteiger partial charge in [0.15, 0.2) is 0 Å². The largest absolute Gasteiger partial charge is 0.336 e. The molecule has 0 aliphatic heterocycles. The van der Waals surface area contributed by atoms with Crippen LogP contribution in [0.4, 0.5) is 0 Å². The number of nitrogens with one attached hydrogen (secondary N) is 1. The SMILES string of the molecule is NCCn1cnc(CNC2C3C4CCC(C4)C23)c1. The van der Waals surface area contributed by atoms with Gasteiger partial charge in [-0.05, 0) is 42.9 Å². The lowest BCUT2D eigenvalue weighted by molar-refractivity contribution is 0.456. The van der Waals surface area contributed by atoms with Gasteiger partial charge in [-0.15, -0.1) is 0 Å². The predicted molar refractivity (Wildman–Crippen MR) is 69.7 cm³/mol. The maximum Gasteiger partial charge on any atom is 0.0950 e. The van der Waals surface area contributed by atoms with E-state index in [1.165, 1.54) is 19.3 Å². The molecule has 0 spiro atoms. The van der Waals surface area contributed by atoms with Gasteiger partial charge < -0.3 is 15.6 Å². The molecule has 1 aromatic rings. The second kappa shape index (κ2) is 4.07. The number of nitrogens with two attached hydrogens (primary N) is 1. The summed E-state index contributed by atoms with van der Waals surface area (Å²) in [6, 6.07) is 0.802. The number of nitrogens with zero attached hydrogens (tertiary/aromatic N) is 2. The summed E-state index contributed by atoms with van der Waals surface area (Å²) in [6.07, 6.45) is 8.52. The lowest BCUT2D eigenvalue weighted by atomic mass is 10.0.